The van der Waals surface area contributed by atoms with Crippen LogP contribution in [-0.2, 0) is 28.2 Å². The molecule has 1 unspecified atom stereocenters. The zero-order chi connectivity index (χ0) is 39.8. The van der Waals surface area contributed by atoms with Gasteiger partial charge in [0.1, 0.15) is 32.7 Å². The van der Waals surface area contributed by atoms with Gasteiger partial charge in [0.15, 0.2) is 6.10 Å². The normalized spacial score (nSPS) is 12.9. The van der Waals surface area contributed by atoms with Crippen LogP contribution in [0.5, 0.6) is 0 Å². The molecule has 0 aromatic carbocycles. The molecule has 9 heteroatoms. The molecule has 0 rings (SSSR count). The van der Waals surface area contributed by atoms with Crippen molar-refractivity contribution in [3.8, 4) is 0 Å². The molecular weight excluding hydrogens is 697 g/mol. The minimum absolute atomic E-state index is 0.105. The molecule has 54 heavy (non-hydrogen) atoms. The lowest BCUT2D eigenvalue weighted by molar-refractivity contribution is -1.08. The Bertz CT molecular complexity index is 805. The van der Waals surface area contributed by atoms with E-state index in [1.165, 1.54) is 154 Å². The molecule has 0 aliphatic carbocycles. The van der Waals surface area contributed by atoms with Gasteiger partial charge in [-0.2, -0.15) is 0 Å². The van der Waals surface area contributed by atoms with Crippen molar-refractivity contribution in [1.82, 2.24) is 0 Å². The van der Waals surface area contributed by atoms with Crippen LogP contribution in [0.2, 0.25) is 0 Å². The van der Waals surface area contributed by atoms with Crippen molar-refractivity contribution in [1.29, 1.82) is 0 Å². The van der Waals surface area contributed by atoms with E-state index in [-0.39, 0.29) is 29.8 Å². The van der Waals surface area contributed by atoms with Gasteiger partial charge in [-0.05, 0) is 38.2 Å². The molecule has 0 aliphatic rings. The lowest BCUT2D eigenvalue weighted by Crippen LogP contribution is -2.47. The number of hydrogen-bond donors (Lipinski definition) is 0. The molecule has 0 aromatic rings. The van der Waals surface area contributed by atoms with Crippen LogP contribution in [0.4, 0.5) is 0 Å². The molecule has 0 N–H and O–H groups in total. The second-order valence-corrected chi connectivity index (χ2v) is 16.8. The minimum atomic E-state index is -2.84. The number of carbonyl (C=O) groups excluding carboxylic acids is 2. The second kappa shape index (κ2) is 40.4. The molecule has 8 nitrogen and oxygen atoms in total. The van der Waals surface area contributed by atoms with Crippen LogP contribution in [0.3, 0.4) is 0 Å². The maximum absolute atomic E-state index is 12.8. The van der Waals surface area contributed by atoms with E-state index in [4.69, 9.17) is 18.6 Å². The highest BCUT2D eigenvalue weighted by molar-refractivity contribution is 7.38. The van der Waals surface area contributed by atoms with Gasteiger partial charge in [-0.25, -0.2) is 4.52 Å². The molecule has 0 spiro atoms. The second-order valence-electron chi connectivity index (χ2n) is 15.9. The summed E-state index contributed by atoms with van der Waals surface area (Å²) in [6, 6.07) is 0. The Morgan fingerprint density at radius 2 is 0.852 bits per heavy atom. The van der Waals surface area contributed by atoms with Gasteiger partial charge in [-0.15, -0.1) is 4.65 Å². The molecule has 0 bridgehead atoms. The molecule has 0 fully saturated rings. The lowest BCUT2D eigenvalue weighted by atomic mass is 10.0. The predicted molar refractivity (Wildman–Crippen MR) is 227 cm³/mol. The number of hydrogen-bond acceptors (Lipinski definition) is 7. The van der Waals surface area contributed by atoms with E-state index in [1.807, 2.05) is 20.8 Å². The first-order valence-electron chi connectivity index (χ1n) is 23.4. The Balaban J connectivity index is 4.31. The van der Waals surface area contributed by atoms with E-state index in [2.05, 4.69) is 13.8 Å². The van der Waals surface area contributed by atoms with Gasteiger partial charge in [0.05, 0.1) is 0 Å². The first-order valence-corrected chi connectivity index (χ1v) is 24.7. The summed E-state index contributed by atoms with van der Waals surface area (Å²) < 4.78 is 22.8. The van der Waals surface area contributed by atoms with Crippen LogP contribution < -0.4 is 4.89 Å². The lowest BCUT2D eigenvalue weighted by Gasteiger charge is -2.31. The van der Waals surface area contributed by atoms with Crippen LogP contribution in [0.15, 0.2) is 0 Å². The SMILES string of the molecule is CCCCCCCCCCCCCCCCCC(=O)O[C@H](COC(=[O+])CCCCCCCCCCCCCCCCC)CO[PH+]([O-])O[N+](CC)(CC)CC. The molecular formula is C45H91NO7P+2. The number of rotatable bonds is 43. The third-order valence-corrected chi connectivity index (χ3v) is 12.0. The number of esters is 2. The largest absolute Gasteiger partial charge is 0.628 e. The van der Waals surface area contributed by atoms with Crippen molar-refractivity contribution in [2.75, 3.05) is 32.8 Å². The quantitative estimate of drug-likeness (QED) is 0.0152. The molecule has 0 amide bonds. The van der Waals surface area contributed by atoms with E-state index >= 15 is 0 Å². The molecule has 0 heterocycles. The van der Waals surface area contributed by atoms with Crippen molar-refractivity contribution in [3.63, 3.8) is 0 Å². The average molecular weight is 789 g/mol. The van der Waals surface area contributed by atoms with Gasteiger partial charge in [0.2, 0.25) is 6.61 Å². The fourth-order valence-corrected chi connectivity index (χ4v) is 8.19. The number of carbonyl (C=O) groups is 2. The van der Waals surface area contributed by atoms with Gasteiger partial charge >= 0.3 is 11.9 Å². The van der Waals surface area contributed by atoms with E-state index < -0.39 is 14.7 Å². The first kappa shape index (κ1) is 53.2. The van der Waals surface area contributed by atoms with E-state index in [9.17, 15) is 14.5 Å². The van der Waals surface area contributed by atoms with Crippen LogP contribution in [0.1, 0.15) is 240 Å². The van der Waals surface area contributed by atoms with Crippen LogP contribution in [0, 0.1) is 0 Å². The van der Waals surface area contributed by atoms with Crippen molar-refractivity contribution < 1.29 is 37.8 Å². The summed E-state index contributed by atoms with van der Waals surface area (Å²) in [6.45, 7) is 12.3. The zero-order valence-electron chi connectivity index (χ0n) is 36.5. The monoisotopic (exact) mass is 789 g/mol. The maximum atomic E-state index is 12.8. The van der Waals surface area contributed by atoms with Crippen molar-refractivity contribution in [2.24, 2.45) is 0 Å². The van der Waals surface area contributed by atoms with E-state index in [1.54, 1.807) is 0 Å². The summed E-state index contributed by atoms with van der Waals surface area (Å²) >= 11 is 0. The van der Waals surface area contributed by atoms with Gasteiger partial charge in [-0.3, -0.25) is 4.79 Å². The highest BCUT2D eigenvalue weighted by Gasteiger charge is 2.32. The van der Waals surface area contributed by atoms with Crippen LogP contribution in [0.25, 0.3) is 0 Å². The molecule has 0 aromatic heterocycles. The third kappa shape index (κ3) is 34.5. The summed E-state index contributed by atoms with van der Waals surface area (Å²) in [7, 11) is -2.84. The molecule has 0 aliphatic heterocycles. The topological polar surface area (TPSA) is 97.0 Å². The molecule has 2 atom stereocenters. The summed E-state index contributed by atoms with van der Waals surface area (Å²) in [4.78, 5) is 38.0. The molecule has 1 radical (unpaired) electrons. The van der Waals surface area contributed by atoms with Crippen molar-refractivity contribution in [3.05, 3.63) is 0 Å². The van der Waals surface area contributed by atoms with Gasteiger partial charge in [0, 0.05) is 11.2 Å². The molecule has 321 valence electrons. The van der Waals surface area contributed by atoms with Crippen LogP contribution >= 0.6 is 8.60 Å². The molecule has 0 saturated heterocycles. The minimum Gasteiger partial charge on any atom is -0.628 e. The highest BCUT2D eigenvalue weighted by atomic mass is 31.2. The number of nitrogens with zero attached hydrogens (tertiary/aromatic N) is 1. The highest BCUT2D eigenvalue weighted by Crippen LogP contribution is 2.33. The number of hydroxylamine groups is 3. The van der Waals surface area contributed by atoms with Gasteiger partial charge in [0.25, 0.3) is 8.60 Å². The summed E-state index contributed by atoms with van der Waals surface area (Å²) in [5, 5.41) is 0. The standard InChI is InChI=1S/C45H91NO7P/c1-6-11-13-15-17-19-21-23-25-27-29-31-33-35-37-39-44(47)50-41-43(42-51-54(49)53-46(8-3,9-4)10-5)52-45(48)40-38-36-34-32-30-28-26-24-22-20-18-16-14-12-7-2/h43,54H,6-42H2,1-5H3/q+2/t43-/m1/s1. The first-order chi connectivity index (χ1) is 26.4. The Kier molecular flexibility index (Phi) is 39.8. The number of quaternary nitrogens is 1. The van der Waals surface area contributed by atoms with Crippen molar-refractivity contribution in [2.45, 2.75) is 246 Å². The number of unbranched alkanes of at least 4 members (excludes halogenated alkanes) is 28. The Morgan fingerprint density at radius 3 is 1.20 bits per heavy atom. The maximum Gasteiger partial charge on any atom is 0.574 e. The van der Waals surface area contributed by atoms with Gasteiger partial charge < -0.3 is 14.4 Å². The number of ether oxygens (including phenoxy) is 2. The Hall–Kier alpha value is -0.790. The summed E-state index contributed by atoms with van der Waals surface area (Å²) in [5.74, 6) is -0.631. The summed E-state index contributed by atoms with van der Waals surface area (Å²) in [6.07, 6.45) is 38.0. The fraction of sp³-hybridized carbons (Fsp3) is 0.956. The summed E-state index contributed by atoms with van der Waals surface area (Å²) in [5.41, 5.74) is 0. The Labute approximate surface area is 336 Å². The zero-order valence-corrected chi connectivity index (χ0v) is 37.5. The van der Waals surface area contributed by atoms with E-state index in [0.29, 0.717) is 32.5 Å². The van der Waals surface area contributed by atoms with Gasteiger partial charge in [-0.1, -0.05) is 194 Å². The smallest absolute Gasteiger partial charge is 0.574 e. The van der Waals surface area contributed by atoms with Crippen molar-refractivity contribution >= 4 is 20.5 Å². The third-order valence-electron chi connectivity index (χ3n) is 11.1. The Morgan fingerprint density at radius 1 is 0.519 bits per heavy atom. The fourth-order valence-electron chi connectivity index (χ4n) is 7.11. The predicted octanol–water partition coefficient (Wildman–Crippen LogP) is 13.1. The average Bonchev–Trinajstić information content (AvgIpc) is 3.18. The molecule has 0 saturated carbocycles. The van der Waals surface area contributed by atoms with Crippen LogP contribution in [-0.4, -0.2) is 55.5 Å². The van der Waals surface area contributed by atoms with E-state index in [0.717, 1.165) is 38.5 Å².